The van der Waals surface area contributed by atoms with Crippen molar-refractivity contribution in [2.45, 2.75) is 6.54 Å². The zero-order chi connectivity index (χ0) is 20.5. The molecule has 1 N–H and O–H groups in total. The SMILES string of the molecule is COc1ccc(-c2csc(Nc3ccc(N4Cc5ccccc5C4=O)cc3)n2)cc1. The lowest BCUT2D eigenvalue weighted by Gasteiger charge is -2.16. The number of amides is 1. The highest BCUT2D eigenvalue weighted by molar-refractivity contribution is 7.14. The molecule has 0 atom stereocenters. The molecule has 1 aliphatic heterocycles. The van der Waals surface area contributed by atoms with Crippen LogP contribution in [0, 0.1) is 0 Å². The van der Waals surface area contributed by atoms with Gasteiger partial charge >= 0.3 is 0 Å². The number of carbonyl (C=O) groups is 1. The molecule has 1 amide bonds. The molecule has 1 aliphatic rings. The molecule has 0 fully saturated rings. The van der Waals surface area contributed by atoms with Crippen LogP contribution in [0.3, 0.4) is 0 Å². The molecular formula is C24H19N3O2S. The van der Waals surface area contributed by atoms with Crippen molar-refractivity contribution in [1.82, 2.24) is 4.98 Å². The maximum absolute atomic E-state index is 12.6. The van der Waals surface area contributed by atoms with Gasteiger partial charge in [-0.1, -0.05) is 18.2 Å². The molecule has 5 nitrogen and oxygen atoms in total. The van der Waals surface area contributed by atoms with Gasteiger partial charge in [0.05, 0.1) is 19.3 Å². The maximum Gasteiger partial charge on any atom is 0.258 e. The third-order valence-corrected chi connectivity index (χ3v) is 5.90. The Kier molecular flexibility index (Phi) is 4.69. The van der Waals surface area contributed by atoms with Crippen LogP contribution in [0.5, 0.6) is 5.75 Å². The molecule has 0 bridgehead atoms. The lowest BCUT2D eigenvalue weighted by molar-refractivity contribution is 0.0996. The van der Waals surface area contributed by atoms with E-state index in [0.717, 1.165) is 44.6 Å². The summed E-state index contributed by atoms with van der Waals surface area (Å²) < 4.78 is 5.21. The Balaban J connectivity index is 1.29. The molecule has 148 valence electrons. The van der Waals surface area contributed by atoms with Crippen molar-refractivity contribution in [3.63, 3.8) is 0 Å². The van der Waals surface area contributed by atoms with E-state index >= 15 is 0 Å². The monoisotopic (exact) mass is 413 g/mol. The number of carbonyl (C=O) groups excluding carboxylic acids is 1. The second-order valence-corrected chi connectivity index (χ2v) is 7.84. The third-order valence-electron chi connectivity index (χ3n) is 5.14. The predicted molar refractivity (Wildman–Crippen MR) is 121 cm³/mol. The highest BCUT2D eigenvalue weighted by Crippen LogP contribution is 2.31. The van der Waals surface area contributed by atoms with E-state index < -0.39 is 0 Å². The van der Waals surface area contributed by atoms with Gasteiger partial charge in [0, 0.05) is 27.9 Å². The van der Waals surface area contributed by atoms with E-state index in [0.29, 0.717) is 6.54 Å². The number of hydrogen-bond donors (Lipinski definition) is 1. The van der Waals surface area contributed by atoms with Gasteiger partial charge in [0.15, 0.2) is 5.13 Å². The summed E-state index contributed by atoms with van der Waals surface area (Å²) in [6.07, 6.45) is 0. The van der Waals surface area contributed by atoms with Crippen molar-refractivity contribution in [2.24, 2.45) is 0 Å². The van der Waals surface area contributed by atoms with Crippen LogP contribution in [0.4, 0.5) is 16.5 Å². The summed E-state index contributed by atoms with van der Waals surface area (Å²) >= 11 is 1.55. The Morgan fingerprint density at radius 3 is 2.50 bits per heavy atom. The van der Waals surface area contributed by atoms with E-state index in [-0.39, 0.29) is 5.91 Å². The number of anilines is 3. The molecule has 30 heavy (non-hydrogen) atoms. The van der Waals surface area contributed by atoms with Crippen LogP contribution in [-0.2, 0) is 6.54 Å². The van der Waals surface area contributed by atoms with Gasteiger partial charge in [-0.05, 0) is 60.2 Å². The van der Waals surface area contributed by atoms with Crippen LogP contribution >= 0.6 is 11.3 Å². The second-order valence-electron chi connectivity index (χ2n) is 6.99. The van der Waals surface area contributed by atoms with Crippen molar-refractivity contribution in [3.8, 4) is 17.0 Å². The lowest BCUT2D eigenvalue weighted by atomic mass is 10.1. The fourth-order valence-corrected chi connectivity index (χ4v) is 4.28. The normalized spacial score (nSPS) is 12.7. The highest BCUT2D eigenvalue weighted by Gasteiger charge is 2.27. The first-order chi connectivity index (χ1) is 14.7. The minimum Gasteiger partial charge on any atom is -0.497 e. The van der Waals surface area contributed by atoms with E-state index in [1.54, 1.807) is 23.3 Å². The van der Waals surface area contributed by atoms with Crippen molar-refractivity contribution in [2.75, 3.05) is 17.3 Å². The largest absolute Gasteiger partial charge is 0.497 e. The number of rotatable bonds is 5. The van der Waals surface area contributed by atoms with Crippen LogP contribution in [-0.4, -0.2) is 18.0 Å². The maximum atomic E-state index is 12.6. The lowest BCUT2D eigenvalue weighted by Crippen LogP contribution is -2.22. The topological polar surface area (TPSA) is 54.5 Å². The summed E-state index contributed by atoms with van der Waals surface area (Å²) in [5, 5.41) is 6.19. The first-order valence-electron chi connectivity index (χ1n) is 9.58. The molecule has 0 radical (unpaired) electrons. The second kappa shape index (κ2) is 7.65. The first-order valence-corrected chi connectivity index (χ1v) is 10.5. The Labute approximate surface area is 178 Å². The van der Waals surface area contributed by atoms with Gasteiger partial charge < -0.3 is 15.0 Å². The molecule has 0 saturated heterocycles. The van der Waals surface area contributed by atoms with Gasteiger partial charge in [-0.3, -0.25) is 4.79 Å². The predicted octanol–water partition coefficient (Wildman–Crippen LogP) is 5.72. The number of ether oxygens (including phenoxy) is 1. The van der Waals surface area contributed by atoms with Gasteiger partial charge in [-0.15, -0.1) is 11.3 Å². The first kappa shape index (κ1) is 18.4. The van der Waals surface area contributed by atoms with E-state index in [9.17, 15) is 4.79 Å². The third kappa shape index (κ3) is 3.42. The minimum absolute atomic E-state index is 0.0513. The summed E-state index contributed by atoms with van der Waals surface area (Å²) in [5.41, 5.74) is 5.63. The number of aromatic nitrogens is 1. The van der Waals surface area contributed by atoms with Crippen molar-refractivity contribution >= 4 is 33.8 Å². The van der Waals surface area contributed by atoms with E-state index in [4.69, 9.17) is 4.74 Å². The van der Waals surface area contributed by atoms with Gasteiger partial charge in [-0.25, -0.2) is 4.98 Å². The standard InChI is InChI=1S/C24H19N3O2S/c1-29-20-12-6-16(7-13-20)22-15-30-24(26-22)25-18-8-10-19(11-9-18)27-14-17-4-2-3-5-21(17)23(27)28/h2-13,15H,14H2,1H3,(H,25,26). The van der Waals surface area contributed by atoms with Crippen molar-refractivity contribution < 1.29 is 9.53 Å². The average molecular weight is 414 g/mol. The fraction of sp³-hybridized carbons (Fsp3) is 0.0833. The molecule has 0 saturated carbocycles. The molecule has 4 aromatic rings. The summed E-state index contributed by atoms with van der Waals surface area (Å²) in [4.78, 5) is 19.1. The smallest absolute Gasteiger partial charge is 0.258 e. The number of benzene rings is 3. The molecular weight excluding hydrogens is 394 g/mol. The van der Waals surface area contributed by atoms with E-state index in [1.165, 1.54) is 0 Å². The van der Waals surface area contributed by atoms with Crippen LogP contribution in [0.1, 0.15) is 15.9 Å². The van der Waals surface area contributed by atoms with Gasteiger partial charge in [0.2, 0.25) is 0 Å². The molecule has 3 aromatic carbocycles. The molecule has 6 heteroatoms. The summed E-state index contributed by atoms with van der Waals surface area (Å²) in [6, 6.07) is 23.5. The number of fused-ring (bicyclic) bond motifs is 1. The summed E-state index contributed by atoms with van der Waals surface area (Å²) in [7, 11) is 1.66. The van der Waals surface area contributed by atoms with E-state index in [1.807, 2.05) is 78.2 Å². The van der Waals surface area contributed by atoms with Crippen LogP contribution in [0.25, 0.3) is 11.3 Å². The number of hydrogen-bond acceptors (Lipinski definition) is 5. The zero-order valence-electron chi connectivity index (χ0n) is 16.3. The minimum atomic E-state index is 0.0513. The molecule has 2 heterocycles. The average Bonchev–Trinajstić information content (AvgIpc) is 3.39. The van der Waals surface area contributed by atoms with Gasteiger partial charge in [-0.2, -0.15) is 0 Å². The Hall–Kier alpha value is -3.64. The fourth-order valence-electron chi connectivity index (χ4n) is 3.54. The molecule has 0 unspecified atom stereocenters. The molecule has 0 aliphatic carbocycles. The van der Waals surface area contributed by atoms with Crippen molar-refractivity contribution in [1.29, 1.82) is 0 Å². The number of nitrogens with zero attached hydrogens (tertiary/aromatic N) is 2. The van der Waals surface area contributed by atoms with Gasteiger partial charge in [0.1, 0.15) is 5.75 Å². The zero-order valence-corrected chi connectivity index (χ0v) is 17.1. The molecule has 0 spiro atoms. The molecule has 1 aromatic heterocycles. The van der Waals surface area contributed by atoms with Crippen LogP contribution in [0.15, 0.2) is 78.2 Å². The Morgan fingerprint density at radius 1 is 1.00 bits per heavy atom. The van der Waals surface area contributed by atoms with E-state index in [2.05, 4.69) is 10.3 Å². The van der Waals surface area contributed by atoms with Crippen LogP contribution in [0.2, 0.25) is 0 Å². The Bertz CT molecular complexity index is 1200. The van der Waals surface area contributed by atoms with Crippen LogP contribution < -0.4 is 15.0 Å². The number of nitrogens with one attached hydrogen (secondary N) is 1. The number of methoxy groups -OCH3 is 1. The number of thiazole rings is 1. The summed E-state index contributed by atoms with van der Waals surface area (Å²) in [5.74, 6) is 0.877. The molecule has 5 rings (SSSR count). The van der Waals surface area contributed by atoms with Gasteiger partial charge in [0.25, 0.3) is 5.91 Å². The Morgan fingerprint density at radius 2 is 1.77 bits per heavy atom. The highest BCUT2D eigenvalue weighted by atomic mass is 32.1. The summed E-state index contributed by atoms with van der Waals surface area (Å²) in [6.45, 7) is 0.611. The quantitative estimate of drug-likeness (QED) is 0.454. The van der Waals surface area contributed by atoms with Crippen molar-refractivity contribution in [3.05, 3.63) is 89.3 Å².